The number of aryl methyl sites for hydroxylation is 1. The topological polar surface area (TPSA) is 61.9 Å². The molecule has 6 rings (SSSR count). The van der Waals surface area contributed by atoms with Crippen molar-refractivity contribution in [1.82, 2.24) is 15.2 Å². The van der Waals surface area contributed by atoms with E-state index >= 15 is 0 Å². The van der Waals surface area contributed by atoms with Crippen LogP contribution in [0.2, 0.25) is 0 Å². The van der Waals surface area contributed by atoms with E-state index in [4.69, 9.17) is 14.5 Å². The van der Waals surface area contributed by atoms with Gasteiger partial charge in [0.25, 0.3) is 0 Å². The fourth-order valence-electron chi connectivity index (χ4n) is 5.67. The van der Waals surface area contributed by atoms with Gasteiger partial charge in [-0.15, -0.1) is 0 Å². The third kappa shape index (κ3) is 3.52. The van der Waals surface area contributed by atoms with Gasteiger partial charge in [-0.1, -0.05) is 6.07 Å². The summed E-state index contributed by atoms with van der Waals surface area (Å²) >= 11 is 0. The van der Waals surface area contributed by atoms with E-state index in [-0.39, 0.29) is 6.10 Å². The van der Waals surface area contributed by atoms with E-state index < -0.39 is 0 Å². The van der Waals surface area contributed by atoms with Gasteiger partial charge in [0, 0.05) is 56.6 Å². The Labute approximate surface area is 190 Å². The first-order chi connectivity index (χ1) is 15.7. The van der Waals surface area contributed by atoms with E-state index in [1.54, 1.807) is 0 Å². The number of benzene rings is 1. The fraction of sp³-hybridized carbons (Fsp3) is 0.560. The molecule has 0 saturated carbocycles. The van der Waals surface area contributed by atoms with Gasteiger partial charge < -0.3 is 25.0 Å². The molecule has 0 bridgehead atoms. The zero-order chi connectivity index (χ0) is 21.7. The molecule has 1 aromatic heterocycles. The van der Waals surface area contributed by atoms with Crippen LogP contribution in [0.5, 0.6) is 5.75 Å². The van der Waals surface area contributed by atoms with Crippen LogP contribution in [-0.4, -0.2) is 68.4 Å². The van der Waals surface area contributed by atoms with Crippen molar-refractivity contribution in [2.24, 2.45) is 0 Å². The molecule has 0 radical (unpaired) electrons. The zero-order valence-electron chi connectivity index (χ0n) is 19.1. The van der Waals surface area contributed by atoms with Gasteiger partial charge in [-0.2, -0.15) is 0 Å². The Kier molecular flexibility index (Phi) is 5.20. The predicted molar refractivity (Wildman–Crippen MR) is 126 cm³/mol. The minimum Gasteiger partial charge on any atom is -0.483 e. The Morgan fingerprint density at radius 2 is 2.00 bits per heavy atom. The van der Waals surface area contributed by atoms with Gasteiger partial charge in [-0.25, -0.2) is 4.98 Å². The highest BCUT2D eigenvalue weighted by Gasteiger charge is 2.35. The average molecular weight is 436 g/mol. The van der Waals surface area contributed by atoms with Crippen LogP contribution in [-0.2, 0) is 4.74 Å². The molecule has 3 fully saturated rings. The summed E-state index contributed by atoms with van der Waals surface area (Å²) in [6.45, 7) is 12.2. The van der Waals surface area contributed by atoms with Crippen LogP contribution in [0.1, 0.15) is 42.1 Å². The first-order valence-corrected chi connectivity index (χ1v) is 12.0. The molecule has 2 atom stereocenters. The molecule has 0 aliphatic carbocycles. The summed E-state index contributed by atoms with van der Waals surface area (Å²) in [5.74, 6) is 2.45. The minimum atomic E-state index is -0.0797. The van der Waals surface area contributed by atoms with Crippen molar-refractivity contribution in [1.29, 1.82) is 0 Å². The predicted octanol–water partition coefficient (Wildman–Crippen LogP) is 3.18. The molecule has 7 nitrogen and oxygen atoms in total. The Hall–Kier alpha value is -2.35. The maximum atomic E-state index is 6.56. The second-order valence-corrected chi connectivity index (χ2v) is 9.59. The third-order valence-corrected chi connectivity index (χ3v) is 7.50. The number of hydrogen-bond acceptors (Lipinski definition) is 7. The molecular weight excluding hydrogens is 402 g/mol. The van der Waals surface area contributed by atoms with Crippen molar-refractivity contribution in [3.8, 4) is 5.75 Å². The van der Waals surface area contributed by atoms with Gasteiger partial charge in [-0.05, 0) is 50.1 Å². The van der Waals surface area contributed by atoms with Crippen LogP contribution in [0, 0.1) is 6.92 Å². The summed E-state index contributed by atoms with van der Waals surface area (Å²) in [5.41, 5.74) is 5.97. The number of anilines is 3. The number of aromatic nitrogens is 1. The lowest BCUT2D eigenvalue weighted by atomic mass is 9.88. The Morgan fingerprint density at radius 3 is 2.78 bits per heavy atom. The lowest BCUT2D eigenvalue weighted by Crippen LogP contribution is -2.51. The molecule has 3 saturated heterocycles. The molecular formula is C25H33N5O2. The van der Waals surface area contributed by atoms with Crippen LogP contribution >= 0.6 is 0 Å². The lowest BCUT2D eigenvalue weighted by Gasteiger charge is -2.43. The number of fused-ring (bicyclic) bond motifs is 2. The molecule has 170 valence electrons. The molecule has 0 amide bonds. The standard InChI is InChI=1S/C25H33N5O2/c1-16-11-18(19-14-30(15-19)20-3-5-26-13-20)12-21-24(16)32-17(2)23-22(4-6-27-25(23)28-21)29-7-9-31-10-8-29/h4,6,11-12,17,19-20,26H,3,5,7-10,13-15H2,1-2H3,(H,27,28)/t17-,20+/m1/s1. The third-order valence-electron chi connectivity index (χ3n) is 7.50. The summed E-state index contributed by atoms with van der Waals surface area (Å²) in [6, 6.07) is 7.45. The number of likely N-dealkylation sites (tertiary alicyclic amines) is 1. The largest absolute Gasteiger partial charge is 0.483 e. The number of morpholine rings is 1. The number of pyridine rings is 1. The van der Waals surface area contributed by atoms with E-state index in [1.807, 2.05) is 6.20 Å². The van der Waals surface area contributed by atoms with Crippen LogP contribution in [0.15, 0.2) is 24.4 Å². The number of ether oxygens (including phenoxy) is 2. The van der Waals surface area contributed by atoms with Gasteiger partial charge in [0.1, 0.15) is 17.7 Å². The Balaban J connectivity index is 1.29. The Bertz CT molecular complexity index is 994. The molecule has 1 aromatic carbocycles. The minimum absolute atomic E-state index is 0.0797. The summed E-state index contributed by atoms with van der Waals surface area (Å²) in [5, 5.41) is 7.14. The van der Waals surface area contributed by atoms with Crippen molar-refractivity contribution in [3.05, 3.63) is 41.1 Å². The van der Waals surface area contributed by atoms with Gasteiger partial charge in [0.05, 0.1) is 24.5 Å². The van der Waals surface area contributed by atoms with Gasteiger partial charge in [-0.3, -0.25) is 4.90 Å². The maximum absolute atomic E-state index is 6.56. The molecule has 0 unspecified atom stereocenters. The smallest absolute Gasteiger partial charge is 0.146 e. The molecule has 5 heterocycles. The maximum Gasteiger partial charge on any atom is 0.146 e. The van der Waals surface area contributed by atoms with E-state index in [9.17, 15) is 0 Å². The van der Waals surface area contributed by atoms with Crippen molar-refractivity contribution in [3.63, 3.8) is 0 Å². The number of nitrogens with one attached hydrogen (secondary N) is 2. The second kappa shape index (κ2) is 8.21. The summed E-state index contributed by atoms with van der Waals surface area (Å²) in [6.07, 6.45) is 3.10. The van der Waals surface area contributed by atoms with Gasteiger partial charge in [0.15, 0.2) is 0 Å². The molecule has 4 aliphatic rings. The lowest BCUT2D eigenvalue weighted by molar-refractivity contribution is 0.101. The van der Waals surface area contributed by atoms with Crippen LogP contribution < -0.4 is 20.3 Å². The van der Waals surface area contributed by atoms with Gasteiger partial charge in [0.2, 0.25) is 0 Å². The first-order valence-electron chi connectivity index (χ1n) is 12.0. The summed E-state index contributed by atoms with van der Waals surface area (Å²) < 4.78 is 12.1. The average Bonchev–Trinajstić information content (AvgIpc) is 3.24. The van der Waals surface area contributed by atoms with Gasteiger partial charge >= 0.3 is 0 Å². The molecule has 0 spiro atoms. The quantitative estimate of drug-likeness (QED) is 0.768. The number of rotatable bonds is 3. The van der Waals surface area contributed by atoms with Crippen molar-refractivity contribution < 1.29 is 9.47 Å². The molecule has 7 heteroatoms. The normalized spacial score (nSPS) is 25.9. The van der Waals surface area contributed by atoms with E-state index in [0.29, 0.717) is 12.0 Å². The molecule has 32 heavy (non-hydrogen) atoms. The van der Waals surface area contributed by atoms with Crippen molar-refractivity contribution >= 4 is 17.2 Å². The number of hydrogen-bond donors (Lipinski definition) is 2. The van der Waals surface area contributed by atoms with Crippen LogP contribution in [0.3, 0.4) is 0 Å². The first kappa shape index (κ1) is 20.3. The van der Waals surface area contributed by atoms with E-state index in [1.165, 1.54) is 23.2 Å². The van der Waals surface area contributed by atoms with Crippen LogP contribution in [0.4, 0.5) is 17.2 Å². The van der Waals surface area contributed by atoms with Crippen LogP contribution in [0.25, 0.3) is 0 Å². The SMILES string of the molecule is Cc1cc(C2CN([C@H]3CCNC3)C2)cc2c1O[C@H](C)c1c(N3CCOCC3)ccnc1N2. The monoisotopic (exact) mass is 435 g/mol. The zero-order valence-corrected chi connectivity index (χ0v) is 19.1. The second-order valence-electron chi connectivity index (χ2n) is 9.59. The fourth-order valence-corrected chi connectivity index (χ4v) is 5.67. The molecule has 4 aliphatic heterocycles. The van der Waals surface area contributed by atoms with E-state index in [0.717, 1.165) is 75.3 Å². The van der Waals surface area contributed by atoms with E-state index in [2.05, 4.69) is 52.5 Å². The Morgan fingerprint density at radius 1 is 1.16 bits per heavy atom. The van der Waals surface area contributed by atoms with Crippen molar-refractivity contribution in [2.75, 3.05) is 62.7 Å². The van der Waals surface area contributed by atoms with Crippen molar-refractivity contribution in [2.45, 2.75) is 38.3 Å². The number of nitrogens with zero attached hydrogens (tertiary/aromatic N) is 3. The summed E-state index contributed by atoms with van der Waals surface area (Å²) in [4.78, 5) is 9.74. The molecule has 2 N–H and O–H groups in total. The highest BCUT2D eigenvalue weighted by Crippen LogP contribution is 2.45. The highest BCUT2D eigenvalue weighted by atomic mass is 16.5. The summed E-state index contributed by atoms with van der Waals surface area (Å²) in [7, 11) is 0. The highest BCUT2D eigenvalue weighted by molar-refractivity contribution is 5.75. The molecule has 2 aromatic rings.